The van der Waals surface area contributed by atoms with Crippen molar-refractivity contribution in [3.05, 3.63) is 60.7 Å². The number of anilines is 1. The van der Waals surface area contributed by atoms with Crippen molar-refractivity contribution in [3.63, 3.8) is 0 Å². The molecule has 30 heavy (non-hydrogen) atoms. The van der Waals surface area contributed by atoms with Gasteiger partial charge in [-0.15, -0.1) is 0 Å². The van der Waals surface area contributed by atoms with E-state index in [9.17, 15) is 0 Å². The third kappa shape index (κ3) is 3.94. The normalized spacial score (nSPS) is 17.0. The molecular formula is C23H25N5O2. The van der Waals surface area contributed by atoms with Crippen molar-refractivity contribution in [2.75, 3.05) is 31.6 Å². The summed E-state index contributed by atoms with van der Waals surface area (Å²) >= 11 is 0. The summed E-state index contributed by atoms with van der Waals surface area (Å²) in [5, 5.41) is 15.0. The molecule has 0 spiro atoms. The average molecular weight is 403 g/mol. The SMILES string of the molecule is OCCOc1ccc2nc(CN3CCC(Nc4cccc5cnccc45)C3)[nH]c2c1. The zero-order valence-corrected chi connectivity index (χ0v) is 16.7. The van der Waals surface area contributed by atoms with Gasteiger partial charge >= 0.3 is 0 Å². The summed E-state index contributed by atoms with van der Waals surface area (Å²) in [6.45, 7) is 3.10. The summed E-state index contributed by atoms with van der Waals surface area (Å²) in [5.41, 5.74) is 3.05. The lowest BCUT2D eigenvalue weighted by atomic mass is 10.1. The molecular weight excluding hydrogens is 378 g/mol. The van der Waals surface area contributed by atoms with Gasteiger partial charge in [-0.2, -0.15) is 0 Å². The van der Waals surface area contributed by atoms with Gasteiger partial charge in [0, 0.05) is 54.1 Å². The Morgan fingerprint density at radius 3 is 3.13 bits per heavy atom. The molecule has 1 aliphatic heterocycles. The summed E-state index contributed by atoms with van der Waals surface area (Å²) in [6.07, 6.45) is 4.85. The minimum Gasteiger partial charge on any atom is -0.491 e. The van der Waals surface area contributed by atoms with Crippen LogP contribution in [0.25, 0.3) is 21.8 Å². The first-order valence-electron chi connectivity index (χ1n) is 10.3. The van der Waals surface area contributed by atoms with Crippen LogP contribution in [-0.4, -0.2) is 57.3 Å². The minimum atomic E-state index is 0.00604. The summed E-state index contributed by atoms with van der Waals surface area (Å²) in [7, 11) is 0. The number of nitrogens with zero attached hydrogens (tertiary/aromatic N) is 3. The van der Waals surface area contributed by atoms with Gasteiger partial charge in [0.2, 0.25) is 0 Å². The topological polar surface area (TPSA) is 86.3 Å². The van der Waals surface area contributed by atoms with Crippen molar-refractivity contribution >= 4 is 27.5 Å². The Morgan fingerprint density at radius 1 is 1.23 bits per heavy atom. The summed E-state index contributed by atoms with van der Waals surface area (Å²) in [6, 6.07) is 14.6. The highest BCUT2D eigenvalue weighted by Crippen LogP contribution is 2.25. The second-order valence-corrected chi connectivity index (χ2v) is 7.70. The molecule has 0 saturated carbocycles. The number of aromatic nitrogens is 3. The number of fused-ring (bicyclic) bond motifs is 2. The van der Waals surface area contributed by atoms with Crippen LogP contribution in [0.4, 0.5) is 5.69 Å². The number of hydrogen-bond acceptors (Lipinski definition) is 6. The number of rotatable bonds is 7. The molecule has 4 aromatic rings. The van der Waals surface area contributed by atoms with Crippen LogP contribution in [0, 0.1) is 0 Å². The number of pyridine rings is 1. The third-order valence-corrected chi connectivity index (χ3v) is 5.55. The lowest BCUT2D eigenvalue weighted by molar-refractivity contribution is 0.201. The Morgan fingerprint density at radius 2 is 2.20 bits per heavy atom. The quantitative estimate of drug-likeness (QED) is 0.439. The molecule has 0 amide bonds. The molecule has 3 heterocycles. The summed E-state index contributed by atoms with van der Waals surface area (Å²) in [4.78, 5) is 14.8. The van der Waals surface area contributed by atoms with Gasteiger partial charge in [0.15, 0.2) is 0 Å². The number of imidazole rings is 1. The summed E-state index contributed by atoms with van der Waals surface area (Å²) < 4.78 is 5.49. The maximum atomic E-state index is 8.91. The van der Waals surface area contributed by atoms with Crippen LogP contribution in [0.5, 0.6) is 5.75 Å². The lowest BCUT2D eigenvalue weighted by Crippen LogP contribution is -2.26. The maximum Gasteiger partial charge on any atom is 0.121 e. The van der Waals surface area contributed by atoms with E-state index in [2.05, 4.69) is 44.5 Å². The van der Waals surface area contributed by atoms with Crippen LogP contribution >= 0.6 is 0 Å². The molecule has 0 bridgehead atoms. The molecule has 7 heteroatoms. The van der Waals surface area contributed by atoms with E-state index in [-0.39, 0.29) is 6.61 Å². The van der Waals surface area contributed by atoms with Gasteiger partial charge in [0.25, 0.3) is 0 Å². The fourth-order valence-corrected chi connectivity index (χ4v) is 4.14. The Kier molecular flexibility index (Phi) is 5.21. The number of benzene rings is 2. The molecule has 7 nitrogen and oxygen atoms in total. The number of nitrogens with one attached hydrogen (secondary N) is 2. The number of aromatic amines is 1. The van der Waals surface area contributed by atoms with Crippen LogP contribution in [0.15, 0.2) is 54.9 Å². The first-order valence-corrected chi connectivity index (χ1v) is 10.3. The van der Waals surface area contributed by atoms with Gasteiger partial charge in [-0.05, 0) is 30.7 Å². The molecule has 1 atom stereocenters. The molecule has 1 unspecified atom stereocenters. The van der Waals surface area contributed by atoms with Crippen molar-refractivity contribution in [1.29, 1.82) is 0 Å². The molecule has 3 N–H and O–H groups in total. The summed E-state index contributed by atoms with van der Waals surface area (Å²) in [5.74, 6) is 1.70. The average Bonchev–Trinajstić information content (AvgIpc) is 3.38. The predicted molar refractivity (Wildman–Crippen MR) is 118 cm³/mol. The van der Waals surface area contributed by atoms with E-state index >= 15 is 0 Å². The van der Waals surface area contributed by atoms with Gasteiger partial charge in [0.05, 0.1) is 24.2 Å². The predicted octanol–water partition coefficient (Wildman–Crippen LogP) is 3.17. The number of aliphatic hydroxyl groups excluding tert-OH is 1. The Balaban J connectivity index is 1.24. The molecule has 2 aromatic carbocycles. The van der Waals surface area contributed by atoms with Crippen molar-refractivity contribution < 1.29 is 9.84 Å². The minimum absolute atomic E-state index is 0.00604. The van der Waals surface area contributed by atoms with Gasteiger partial charge in [0.1, 0.15) is 18.2 Å². The second-order valence-electron chi connectivity index (χ2n) is 7.70. The Bertz CT molecular complexity index is 1150. The van der Waals surface area contributed by atoms with E-state index in [1.807, 2.05) is 30.6 Å². The van der Waals surface area contributed by atoms with Crippen LogP contribution in [0.2, 0.25) is 0 Å². The molecule has 2 aromatic heterocycles. The number of H-pyrrole nitrogens is 1. The maximum absolute atomic E-state index is 8.91. The van der Waals surface area contributed by atoms with Crippen LogP contribution in [0.3, 0.4) is 0 Å². The van der Waals surface area contributed by atoms with Crippen molar-refractivity contribution in [2.45, 2.75) is 19.0 Å². The first-order chi connectivity index (χ1) is 14.8. The van der Waals surface area contributed by atoms with Crippen molar-refractivity contribution in [3.8, 4) is 5.75 Å². The molecule has 5 rings (SSSR count). The number of hydrogen-bond donors (Lipinski definition) is 3. The lowest BCUT2D eigenvalue weighted by Gasteiger charge is -2.17. The van der Waals surface area contributed by atoms with E-state index in [0.717, 1.165) is 54.0 Å². The number of aliphatic hydroxyl groups is 1. The Hall–Kier alpha value is -3.16. The zero-order valence-electron chi connectivity index (χ0n) is 16.7. The van der Waals surface area contributed by atoms with Crippen molar-refractivity contribution in [1.82, 2.24) is 19.9 Å². The van der Waals surface area contributed by atoms with E-state index in [0.29, 0.717) is 12.6 Å². The first kappa shape index (κ1) is 18.8. The van der Waals surface area contributed by atoms with E-state index < -0.39 is 0 Å². The molecule has 1 saturated heterocycles. The smallest absolute Gasteiger partial charge is 0.121 e. The highest BCUT2D eigenvalue weighted by molar-refractivity contribution is 5.93. The fraction of sp³-hybridized carbons (Fsp3) is 0.304. The molecule has 0 aliphatic carbocycles. The van der Waals surface area contributed by atoms with E-state index in [1.54, 1.807) is 0 Å². The van der Waals surface area contributed by atoms with Gasteiger partial charge in [-0.3, -0.25) is 9.88 Å². The van der Waals surface area contributed by atoms with Crippen LogP contribution in [0.1, 0.15) is 12.2 Å². The van der Waals surface area contributed by atoms with Gasteiger partial charge in [-0.25, -0.2) is 4.98 Å². The number of likely N-dealkylation sites (tertiary alicyclic amines) is 1. The zero-order chi connectivity index (χ0) is 20.3. The van der Waals surface area contributed by atoms with Gasteiger partial charge < -0.3 is 20.1 Å². The largest absolute Gasteiger partial charge is 0.491 e. The third-order valence-electron chi connectivity index (χ3n) is 5.55. The molecule has 1 fully saturated rings. The second kappa shape index (κ2) is 8.30. The standard InChI is InChI=1S/C23H25N5O2/c29-10-11-30-18-4-5-21-22(12-18)27-23(26-21)15-28-9-7-17(14-28)25-20-3-1-2-16-13-24-8-6-19(16)20/h1-6,8,12-13,17,25,29H,7,9-11,14-15H2,(H,26,27). The van der Waals surface area contributed by atoms with Crippen LogP contribution in [-0.2, 0) is 6.54 Å². The van der Waals surface area contributed by atoms with Crippen LogP contribution < -0.4 is 10.1 Å². The van der Waals surface area contributed by atoms with Crippen molar-refractivity contribution in [2.24, 2.45) is 0 Å². The molecule has 154 valence electrons. The van der Waals surface area contributed by atoms with E-state index in [1.165, 1.54) is 11.1 Å². The Labute approximate surface area is 174 Å². The molecule has 0 radical (unpaired) electrons. The van der Waals surface area contributed by atoms with E-state index in [4.69, 9.17) is 14.8 Å². The van der Waals surface area contributed by atoms with Gasteiger partial charge in [-0.1, -0.05) is 12.1 Å². The highest BCUT2D eigenvalue weighted by atomic mass is 16.5. The number of ether oxygens (including phenoxy) is 1. The molecule has 1 aliphatic rings. The monoisotopic (exact) mass is 403 g/mol. The fourth-order valence-electron chi connectivity index (χ4n) is 4.14. The highest BCUT2D eigenvalue weighted by Gasteiger charge is 2.23.